The van der Waals surface area contributed by atoms with Crippen LogP contribution < -0.4 is 0 Å². The van der Waals surface area contributed by atoms with Crippen molar-refractivity contribution in [3.8, 4) is 0 Å². The van der Waals surface area contributed by atoms with Gasteiger partial charge in [0.15, 0.2) is 0 Å². The van der Waals surface area contributed by atoms with Crippen LogP contribution in [0.25, 0.3) is 0 Å². The van der Waals surface area contributed by atoms with Crippen LogP contribution in [0.2, 0.25) is 0 Å². The molecule has 1 aromatic carbocycles. The van der Waals surface area contributed by atoms with E-state index < -0.39 is 4.92 Å². The molecule has 0 saturated carbocycles. The highest BCUT2D eigenvalue weighted by Gasteiger charge is 2.24. The number of nitro groups is 1. The molecule has 1 rings (SSSR count). The smallest absolute Gasteiger partial charge is 0.282 e. The van der Waals surface area contributed by atoms with Gasteiger partial charge in [0.25, 0.3) is 11.6 Å². The van der Waals surface area contributed by atoms with Crippen LogP contribution >= 0.6 is 15.9 Å². The first-order chi connectivity index (χ1) is 9.51. The second kappa shape index (κ2) is 7.96. The van der Waals surface area contributed by atoms with Crippen LogP contribution in [0.15, 0.2) is 18.2 Å². The summed E-state index contributed by atoms with van der Waals surface area (Å²) in [5.41, 5.74) is 0.758. The SMILES string of the molecule is COCCN(CCBr)C(=O)c1cc(C)ccc1[N+](=O)[O-]. The van der Waals surface area contributed by atoms with E-state index in [0.29, 0.717) is 25.0 Å². The number of ether oxygens (including phenoxy) is 1. The lowest BCUT2D eigenvalue weighted by atomic mass is 10.1. The number of aryl methyl sites for hydroxylation is 1. The molecule has 0 aliphatic carbocycles. The summed E-state index contributed by atoms with van der Waals surface area (Å²) >= 11 is 3.28. The van der Waals surface area contributed by atoms with Crippen molar-refractivity contribution in [2.24, 2.45) is 0 Å². The van der Waals surface area contributed by atoms with E-state index in [9.17, 15) is 14.9 Å². The van der Waals surface area contributed by atoms with Gasteiger partial charge in [0, 0.05) is 31.6 Å². The van der Waals surface area contributed by atoms with Crippen molar-refractivity contribution in [2.45, 2.75) is 6.92 Å². The average Bonchev–Trinajstić information content (AvgIpc) is 2.42. The Morgan fingerprint density at radius 1 is 1.45 bits per heavy atom. The van der Waals surface area contributed by atoms with E-state index in [0.717, 1.165) is 5.56 Å². The molecule has 20 heavy (non-hydrogen) atoms. The standard InChI is InChI=1S/C13H17BrN2O4/c1-10-3-4-12(16(18)19)11(9-10)13(17)15(6-5-14)7-8-20-2/h3-4,9H,5-8H2,1-2H3. The number of hydrogen-bond acceptors (Lipinski definition) is 4. The lowest BCUT2D eigenvalue weighted by Gasteiger charge is -2.21. The lowest BCUT2D eigenvalue weighted by molar-refractivity contribution is -0.385. The molecular weight excluding hydrogens is 328 g/mol. The van der Waals surface area contributed by atoms with E-state index in [1.54, 1.807) is 31.1 Å². The summed E-state index contributed by atoms with van der Waals surface area (Å²) in [6, 6.07) is 4.54. The van der Waals surface area contributed by atoms with Crippen LogP contribution in [0, 0.1) is 17.0 Å². The first kappa shape index (κ1) is 16.6. The summed E-state index contributed by atoms with van der Waals surface area (Å²) < 4.78 is 4.96. The van der Waals surface area contributed by atoms with Crippen LogP contribution in [0.3, 0.4) is 0 Å². The average molecular weight is 345 g/mol. The molecule has 0 aliphatic rings. The topological polar surface area (TPSA) is 72.7 Å². The van der Waals surface area contributed by atoms with Crippen molar-refractivity contribution >= 4 is 27.5 Å². The fourth-order valence-corrected chi connectivity index (χ4v) is 2.20. The summed E-state index contributed by atoms with van der Waals surface area (Å²) in [5, 5.41) is 11.6. The third-order valence-electron chi connectivity index (χ3n) is 2.79. The van der Waals surface area contributed by atoms with Crippen molar-refractivity contribution in [1.29, 1.82) is 0 Å². The molecule has 110 valence electrons. The van der Waals surface area contributed by atoms with Gasteiger partial charge in [-0.15, -0.1) is 0 Å². The second-order valence-corrected chi connectivity index (χ2v) is 5.04. The number of rotatable bonds is 7. The first-order valence-corrected chi connectivity index (χ1v) is 7.22. The molecule has 0 saturated heterocycles. The molecular formula is C13H17BrN2O4. The van der Waals surface area contributed by atoms with Gasteiger partial charge in [0.1, 0.15) is 5.56 Å². The summed E-state index contributed by atoms with van der Waals surface area (Å²) in [7, 11) is 1.55. The number of nitrogens with zero attached hydrogens (tertiary/aromatic N) is 2. The Balaban J connectivity index is 3.09. The summed E-state index contributed by atoms with van der Waals surface area (Å²) in [5.74, 6) is -0.350. The highest BCUT2D eigenvalue weighted by atomic mass is 79.9. The van der Waals surface area contributed by atoms with Gasteiger partial charge in [0.2, 0.25) is 0 Å². The highest BCUT2D eigenvalue weighted by molar-refractivity contribution is 9.09. The van der Waals surface area contributed by atoms with Crippen LogP contribution in [0.4, 0.5) is 5.69 Å². The van der Waals surface area contributed by atoms with Gasteiger partial charge in [0.05, 0.1) is 11.5 Å². The van der Waals surface area contributed by atoms with E-state index in [4.69, 9.17) is 4.74 Å². The number of hydrogen-bond donors (Lipinski definition) is 0. The molecule has 0 aromatic heterocycles. The normalized spacial score (nSPS) is 10.3. The predicted molar refractivity (Wildman–Crippen MR) is 79.4 cm³/mol. The predicted octanol–water partition coefficient (Wildman–Crippen LogP) is 2.39. The van der Waals surface area contributed by atoms with Gasteiger partial charge >= 0.3 is 0 Å². The van der Waals surface area contributed by atoms with E-state index >= 15 is 0 Å². The van der Waals surface area contributed by atoms with Gasteiger partial charge in [-0.3, -0.25) is 14.9 Å². The van der Waals surface area contributed by atoms with E-state index in [-0.39, 0.29) is 17.2 Å². The summed E-state index contributed by atoms with van der Waals surface area (Å²) in [6.07, 6.45) is 0. The molecule has 0 aliphatic heterocycles. The monoisotopic (exact) mass is 344 g/mol. The van der Waals surface area contributed by atoms with Crippen molar-refractivity contribution in [3.05, 3.63) is 39.4 Å². The fraction of sp³-hybridized carbons (Fsp3) is 0.462. The Bertz CT molecular complexity index is 493. The molecule has 0 heterocycles. The second-order valence-electron chi connectivity index (χ2n) is 4.25. The highest BCUT2D eigenvalue weighted by Crippen LogP contribution is 2.21. The zero-order valence-corrected chi connectivity index (χ0v) is 13.1. The molecule has 0 radical (unpaired) electrons. The molecule has 1 amide bonds. The van der Waals surface area contributed by atoms with Crippen LogP contribution in [0.1, 0.15) is 15.9 Å². The molecule has 0 fully saturated rings. The van der Waals surface area contributed by atoms with Crippen LogP contribution in [-0.2, 0) is 4.74 Å². The van der Waals surface area contributed by atoms with Gasteiger partial charge in [-0.1, -0.05) is 22.0 Å². The molecule has 0 unspecified atom stereocenters. The number of amides is 1. The van der Waals surface area contributed by atoms with Gasteiger partial charge in [-0.2, -0.15) is 0 Å². The number of carbonyl (C=O) groups is 1. The number of alkyl halides is 1. The van der Waals surface area contributed by atoms with Crippen molar-refractivity contribution in [2.75, 3.05) is 32.1 Å². The number of halogens is 1. The number of methoxy groups -OCH3 is 1. The van der Waals surface area contributed by atoms with Crippen molar-refractivity contribution < 1.29 is 14.5 Å². The number of benzene rings is 1. The van der Waals surface area contributed by atoms with Crippen LogP contribution in [0.5, 0.6) is 0 Å². The van der Waals surface area contributed by atoms with Crippen molar-refractivity contribution in [3.63, 3.8) is 0 Å². The third kappa shape index (κ3) is 4.28. The van der Waals surface area contributed by atoms with Crippen molar-refractivity contribution in [1.82, 2.24) is 4.90 Å². The van der Waals surface area contributed by atoms with Gasteiger partial charge in [-0.25, -0.2) is 0 Å². The van der Waals surface area contributed by atoms with Gasteiger partial charge in [-0.05, 0) is 18.6 Å². The number of nitro benzene ring substituents is 1. The number of carbonyl (C=O) groups excluding carboxylic acids is 1. The summed E-state index contributed by atoms with van der Waals surface area (Å²) in [4.78, 5) is 24.5. The van der Waals surface area contributed by atoms with Gasteiger partial charge < -0.3 is 9.64 Å². The third-order valence-corrected chi connectivity index (χ3v) is 3.14. The Kier molecular flexibility index (Phi) is 6.60. The van der Waals surface area contributed by atoms with E-state index in [1.165, 1.54) is 6.07 Å². The zero-order chi connectivity index (χ0) is 15.1. The largest absolute Gasteiger partial charge is 0.383 e. The molecule has 6 nitrogen and oxygen atoms in total. The fourth-order valence-electron chi connectivity index (χ4n) is 1.77. The molecule has 0 bridgehead atoms. The minimum atomic E-state index is -0.532. The Morgan fingerprint density at radius 2 is 2.15 bits per heavy atom. The van der Waals surface area contributed by atoms with E-state index in [2.05, 4.69) is 15.9 Å². The Labute approximate surface area is 126 Å². The lowest BCUT2D eigenvalue weighted by Crippen LogP contribution is -2.35. The molecule has 0 spiro atoms. The maximum atomic E-state index is 12.5. The quantitative estimate of drug-likeness (QED) is 0.432. The molecule has 0 N–H and O–H groups in total. The molecule has 7 heteroatoms. The Hall–Kier alpha value is -1.47. The summed E-state index contributed by atoms with van der Waals surface area (Å²) in [6.45, 7) is 3.04. The maximum absolute atomic E-state index is 12.5. The first-order valence-electron chi connectivity index (χ1n) is 6.10. The maximum Gasteiger partial charge on any atom is 0.282 e. The molecule has 0 atom stereocenters. The minimum absolute atomic E-state index is 0.118. The Morgan fingerprint density at radius 3 is 2.70 bits per heavy atom. The zero-order valence-electron chi connectivity index (χ0n) is 11.5. The van der Waals surface area contributed by atoms with E-state index in [1.807, 2.05) is 0 Å². The minimum Gasteiger partial charge on any atom is -0.383 e. The van der Waals surface area contributed by atoms with Crippen LogP contribution in [-0.4, -0.2) is 47.9 Å². The molecule has 1 aromatic rings.